The average Bonchev–Trinajstić information content (AvgIpc) is 2.46. The average molecular weight is 252 g/mol. The molecular weight excluding hydrogens is 242 g/mol. The van der Waals surface area contributed by atoms with Gasteiger partial charge in [0.1, 0.15) is 4.60 Å². The summed E-state index contributed by atoms with van der Waals surface area (Å²) in [5.74, 6) is 0.677. The van der Waals surface area contributed by atoms with Crippen LogP contribution in [-0.2, 0) is 0 Å². The first-order chi connectivity index (χ1) is 6.86. The molecule has 72 valence electrons. The SMILES string of the molecule is Brc1cnc2cncc(C3CCC3)n12. The summed E-state index contributed by atoms with van der Waals surface area (Å²) in [4.78, 5) is 8.50. The summed E-state index contributed by atoms with van der Waals surface area (Å²) < 4.78 is 3.17. The Balaban J connectivity index is 2.25. The van der Waals surface area contributed by atoms with Crippen molar-refractivity contribution in [1.29, 1.82) is 0 Å². The van der Waals surface area contributed by atoms with E-state index in [0.717, 1.165) is 10.3 Å². The van der Waals surface area contributed by atoms with Crippen molar-refractivity contribution >= 4 is 21.6 Å². The highest BCUT2D eigenvalue weighted by Crippen LogP contribution is 2.36. The molecule has 14 heavy (non-hydrogen) atoms. The molecule has 4 heteroatoms. The molecule has 1 saturated carbocycles. The maximum absolute atomic E-state index is 4.27. The highest BCUT2D eigenvalue weighted by molar-refractivity contribution is 9.10. The fourth-order valence-corrected chi connectivity index (χ4v) is 2.41. The van der Waals surface area contributed by atoms with Crippen LogP contribution in [0.25, 0.3) is 5.65 Å². The van der Waals surface area contributed by atoms with E-state index in [4.69, 9.17) is 0 Å². The van der Waals surface area contributed by atoms with Crippen molar-refractivity contribution in [2.75, 3.05) is 0 Å². The number of nitrogens with zero attached hydrogens (tertiary/aromatic N) is 3. The molecule has 0 aromatic carbocycles. The Kier molecular flexibility index (Phi) is 1.83. The van der Waals surface area contributed by atoms with E-state index in [9.17, 15) is 0 Å². The smallest absolute Gasteiger partial charge is 0.156 e. The van der Waals surface area contributed by atoms with Crippen molar-refractivity contribution in [3.63, 3.8) is 0 Å². The lowest BCUT2D eigenvalue weighted by molar-refractivity contribution is 0.406. The summed E-state index contributed by atoms with van der Waals surface area (Å²) in [6.07, 6.45) is 9.50. The Morgan fingerprint density at radius 1 is 1.29 bits per heavy atom. The topological polar surface area (TPSA) is 30.2 Å². The van der Waals surface area contributed by atoms with Crippen molar-refractivity contribution < 1.29 is 0 Å². The number of halogens is 1. The van der Waals surface area contributed by atoms with Gasteiger partial charge in [0, 0.05) is 17.8 Å². The van der Waals surface area contributed by atoms with E-state index >= 15 is 0 Å². The van der Waals surface area contributed by atoms with Gasteiger partial charge in [-0.05, 0) is 28.8 Å². The second-order valence-electron chi connectivity index (χ2n) is 3.73. The molecule has 2 aromatic rings. The van der Waals surface area contributed by atoms with Crippen LogP contribution < -0.4 is 0 Å². The van der Waals surface area contributed by atoms with Gasteiger partial charge in [0.2, 0.25) is 0 Å². The van der Waals surface area contributed by atoms with Crippen LogP contribution in [0.15, 0.2) is 23.2 Å². The van der Waals surface area contributed by atoms with Gasteiger partial charge in [0.15, 0.2) is 5.65 Å². The molecule has 0 amide bonds. The van der Waals surface area contributed by atoms with Crippen molar-refractivity contribution in [3.8, 4) is 0 Å². The van der Waals surface area contributed by atoms with Gasteiger partial charge >= 0.3 is 0 Å². The van der Waals surface area contributed by atoms with E-state index in [1.54, 1.807) is 6.20 Å². The number of imidazole rings is 1. The lowest BCUT2D eigenvalue weighted by Gasteiger charge is -2.26. The standard InChI is InChI=1S/C10H10BrN3/c11-9-5-13-10-6-12-4-8(14(9)10)7-2-1-3-7/h4-7H,1-3H2. The third kappa shape index (κ3) is 1.10. The fraction of sp³-hybridized carbons (Fsp3) is 0.400. The Bertz CT molecular complexity index is 473. The lowest BCUT2D eigenvalue weighted by Crippen LogP contribution is -2.13. The van der Waals surface area contributed by atoms with Gasteiger partial charge in [-0.2, -0.15) is 0 Å². The van der Waals surface area contributed by atoms with Gasteiger partial charge in [-0.1, -0.05) is 6.42 Å². The van der Waals surface area contributed by atoms with Crippen LogP contribution in [0.1, 0.15) is 30.9 Å². The summed E-state index contributed by atoms with van der Waals surface area (Å²) in [5, 5.41) is 0. The first-order valence-electron chi connectivity index (χ1n) is 4.83. The summed E-state index contributed by atoms with van der Waals surface area (Å²) in [5.41, 5.74) is 2.22. The predicted molar refractivity (Wildman–Crippen MR) is 57.3 cm³/mol. The zero-order chi connectivity index (χ0) is 9.54. The molecule has 2 aromatic heterocycles. The largest absolute Gasteiger partial charge is 0.288 e. The van der Waals surface area contributed by atoms with Crippen LogP contribution in [0.2, 0.25) is 0 Å². The molecule has 1 fully saturated rings. The van der Waals surface area contributed by atoms with Gasteiger partial charge < -0.3 is 0 Å². The Hall–Kier alpha value is -0.900. The molecule has 2 heterocycles. The highest BCUT2D eigenvalue weighted by atomic mass is 79.9. The molecule has 0 aliphatic heterocycles. The van der Waals surface area contributed by atoms with Crippen molar-refractivity contribution in [2.24, 2.45) is 0 Å². The van der Waals surface area contributed by atoms with Crippen LogP contribution in [0, 0.1) is 0 Å². The van der Waals surface area contributed by atoms with Gasteiger partial charge in [-0.3, -0.25) is 9.38 Å². The third-order valence-corrected chi connectivity index (χ3v) is 3.48. The summed E-state index contributed by atoms with van der Waals surface area (Å²) in [6.45, 7) is 0. The monoisotopic (exact) mass is 251 g/mol. The second kappa shape index (κ2) is 3.05. The summed E-state index contributed by atoms with van der Waals surface area (Å²) in [6, 6.07) is 0. The molecule has 1 aliphatic carbocycles. The number of hydrogen-bond acceptors (Lipinski definition) is 2. The Morgan fingerprint density at radius 3 is 2.86 bits per heavy atom. The number of aromatic nitrogens is 3. The minimum Gasteiger partial charge on any atom is -0.288 e. The normalized spacial score (nSPS) is 17.2. The van der Waals surface area contributed by atoms with Crippen molar-refractivity contribution in [3.05, 3.63) is 28.9 Å². The molecule has 1 aliphatic rings. The van der Waals surface area contributed by atoms with E-state index in [-0.39, 0.29) is 0 Å². The molecule has 0 N–H and O–H groups in total. The first-order valence-corrected chi connectivity index (χ1v) is 5.62. The Morgan fingerprint density at radius 2 is 2.14 bits per heavy atom. The minimum absolute atomic E-state index is 0.677. The molecular formula is C10H10BrN3. The van der Waals surface area contributed by atoms with Crippen LogP contribution in [0.3, 0.4) is 0 Å². The minimum atomic E-state index is 0.677. The zero-order valence-electron chi connectivity index (χ0n) is 7.65. The molecule has 0 atom stereocenters. The predicted octanol–water partition coefficient (Wildman–Crippen LogP) is 2.76. The molecule has 0 unspecified atom stereocenters. The van der Waals surface area contributed by atoms with Crippen LogP contribution in [0.5, 0.6) is 0 Å². The quantitative estimate of drug-likeness (QED) is 0.781. The van der Waals surface area contributed by atoms with Gasteiger partial charge in [-0.25, -0.2) is 4.98 Å². The third-order valence-electron chi connectivity index (χ3n) is 2.92. The van der Waals surface area contributed by atoms with Crippen molar-refractivity contribution in [2.45, 2.75) is 25.2 Å². The van der Waals surface area contributed by atoms with Crippen LogP contribution >= 0.6 is 15.9 Å². The van der Waals surface area contributed by atoms with Crippen molar-refractivity contribution in [1.82, 2.24) is 14.4 Å². The van der Waals surface area contributed by atoms with Crippen LogP contribution in [0.4, 0.5) is 0 Å². The number of hydrogen-bond donors (Lipinski definition) is 0. The highest BCUT2D eigenvalue weighted by Gasteiger charge is 2.22. The van der Waals surface area contributed by atoms with E-state index in [2.05, 4.69) is 30.3 Å². The van der Waals surface area contributed by atoms with Gasteiger partial charge in [0.25, 0.3) is 0 Å². The maximum atomic E-state index is 4.27. The second-order valence-corrected chi connectivity index (χ2v) is 4.55. The number of fused-ring (bicyclic) bond motifs is 1. The van der Waals surface area contributed by atoms with Crippen LogP contribution in [-0.4, -0.2) is 14.4 Å². The molecule has 3 nitrogen and oxygen atoms in total. The zero-order valence-corrected chi connectivity index (χ0v) is 9.24. The summed E-state index contributed by atoms with van der Waals surface area (Å²) in [7, 11) is 0. The first kappa shape index (κ1) is 8.41. The molecule has 0 bridgehead atoms. The van der Waals surface area contributed by atoms with Gasteiger partial charge in [-0.15, -0.1) is 0 Å². The molecule has 0 spiro atoms. The lowest BCUT2D eigenvalue weighted by atomic mass is 9.83. The van der Waals surface area contributed by atoms with E-state index in [1.165, 1.54) is 25.0 Å². The molecule has 3 rings (SSSR count). The van der Waals surface area contributed by atoms with E-state index in [1.807, 2.05) is 12.4 Å². The number of rotatable bonds is 1. The van der Waals surface area contributed by atoms with E-state index < -0.39 is 0 Å². The molecule has 0 saturated heterocycles. The Labute approximate surface area is 90.3 Å². The summed E-state index contributed by atoms with van der Waals surface area (Å²) >= 11 is 3.51. The van der Waals surface area contributed by atoms with E-state index in [0.29, 0.717) is 5.92 Å². The van der Waals surface area contributed by atoms with Gasteiger partial charge in [0.05, 0.1) is 12.4 Å². The fourth-order valence-electron chi connectivity index (χ4n) is 1.92. The molecule has 0 radical (unpaired) electrons. The maximum Gasteiger partial charge on any atom is 0.156 e.